The Kier molecular flexibility index (Phi) is 2.16. The Bertz CT molecular complexity index is 525. The van der Waals surface area contributed by atoms with E-state index in [0.29, 0.717) is 9.99 Å². The minimum absolute atomic E-state index is 0.0700. The number of aromatic amines is 1. The van der Waals surface area contributed by atoms with Gasteiger partial charge in [-0.1, -0.05) is 11.6 Å². The van der Waals surface area contributed by atoms with E-state index in [4.69, 9.17) is 16.7 Å². The number of H-pyrrole nitrogens is 1. The standard InChI is InChI=1S/C7H3BrClN3O2/c8-5-4-2(7(13)14)1-3(9)10-6(4)12-11-5/h1H,(H,13,14)(H,10,11,12). The number of aromatic nitrogens is 3. The van der Waals surface area contributed by atoms with Gasteiger partial charge in [0.2, 0.25) is 0 Å². The molecule has 0 unspecified atom stereocenters. The topological polar surface area (TPSA) is 78.9 Å². The van der Waals surface area contributed by atoms with Gasteiger partial charge in [0.25, 0.3) is 0 Å². The lowest BCUT2D eigenvalue weighted by molar-refractivity contribution is 0.0699. The summed E-state index contributed by atoms with van der Waals surface area (Å²) in [5.41, 5.74) is 0.349. The normalized spacial score (nSPS) is 10.7. The minimum atomic E-state index is -1.07. The highest BCUT2D eigenvalue weighted by Crippen LogP contribution is 2.25. The molecule has 2 N–H and O–H groups in total. The quantitative estimate of drug-likeness (QED) is 0.782. The Morgan fingerprint density at radius 1 is 1.64 bits per heavy atom. The van der Waals surface area contributed by atoms with Gasteiger partial charge in [-0.2, -0.15) is 5.10 Å². The van der Waals surface area contributed by atoms with Gasteiger partial charge in [0.15, 0.2) is 5.65 Å². The average molecular weight is 276 g/mol. The Morgan fingerprint density at radius 3 is 3.00 bits per heavy atom. The SMILES string of the molecule is O=C(O)c1cc(Cl)nc2n[nH]c(Br)c12. The summed E-state index contributed by atoms with van der Waals surface area (Å²) in [6.45, 7) is 0. The number of fused-ring (bicyclic) bond motifs is 1. The summed E-state index contributed by atoms with van der Waals surface area (Å²) in [5, 5.41) is 15.8. The fourth-order valence-electron chi connectivity index (χ4n) is 1.12. The maximum absolute atomic E-state index is 10.9. The number of nitrogens with one attached hydrogen (secondary N) is 1. The van der Waals surface area contributed by atoms with E-state index in [0.717, 1.165) is 0 Å². The van der Waals surface area contributed by atoms with Crippen LogP contribution in [0.5, 0.6) is 0 Å². The molecule has 2 heterocycles. The molecule has 0 radical (unpaired) electrons. The third kappa shape index (κ3) is 1.36. The molecule has 0 aliphatic heterocycles. The van der Waals surface area contributed by atoms with E-state index in [2.05, 4.69) is 31.1 Å². The van der Waals surface area contributed by atoms with E-state index in [1.165, 1.54) is 6.07 Å². The smallest absolute Gasteiger partial charge is 0.336 e. The van der Waals surface area contributed by atoms with Gasteiger partial charge < -0.3 is 5.11 Å². The lowest BCUT2D eigenvalue weighted by Crippen LogP contribution is -1.98. The van der Waals surface area contributed by atoms with Crippen LogP contribution in [0.3, 0.4) is 0 Å². The zero-order chi connectivity index (χ0) is 10.3. The van der Waals surface area contributed by atoms with Crippen molar-refractivity contribution >= 4 is 44.5 Å². The predicted molar refractivity (Wildman–Crippen MR) is 53.6 cm³/mol. The van der Waals surface area contributed by atoms with Crippen LogP contribution in [0, 0.1) is 0 Å². The third-order valence-corrected chi connectivity index (χ3v) is 2.45. The number of hydrogen-bond donors (Lipinski definition) is 2. The molecule has 0 aliphatic carbocycles. The van der Waals surface area contributed by atoms with Gasteiger partial charge in [0.05, 0.1) is 10.9 Å². The summed E-state index contributed by atoms with van der Waals surface area (Å²) in [7, 11) is 0. The van der Waals surface area contributed by atoms with E-state index in [1.54, 1.807) is 0 Å². The highest BCUT2D eigenvalue weighted by atomic mass is 79.9. The van der Waals surface area contributed by atoms with Crippen LogP contribution in [0.2, 0.25) is 5.15 Å². The van der Waals surface area contributed by atoms with Crippen LogP contribution in [0.25, 0.3) is 11.0 Å². The van der Waals surface area contributed by atoms with Crippen molar-refractivity contribution in [3.05, 3.63) is 21.4 Å². The number of rotatable bonds is 1. The van der Waals surface area contributed by atoms with Crippen molar-refractivity contribution in [3.63, 3.8) is 0 Å². The number of aromatic carboxylic acids is 1. The second-order valence-electron chi connectivity index (χ2n) is 2.53. The Labute approximate surface area is 91.2 Å². The van der Waals surface area contributed by atoms with Gasteiger partial charge in [0, 0.05) is 0 Å². The molecule has 72 valence electrons. The lowest BCUT2D eigenvalue weighted by Gasteiger charge is -1.97. The molecule has 0 spiro atoms. The first-order chi connectivity index (χ1) is 6.59. The monoisotopic (exact) mass is 275 g/mol. The van der Waals surface area contributed by atoms with Crippen molar-refractivity contribution in [1.29, 1.82) is 0 Å². The van der Waals surface area contributed by atoms with Crippen molar-refractivity contribution < 1.29 is 9.90 Å². The summed E-state index contributed by atoms with van der Waals surface area (Å²) < 4.78 is 0.481. The Hall–Kier alpha value is -1.14. The van der Waals surface area contributed by atoms with Crippen molar-refractivity contribution in [2.45, 2.75) is 0 Å². The fraction of sp³-hybridized carbons (Fsp3) is 0. The first kappa shape index (κ1) is 9.42. The van der Waals surface area contributed by atoms with Crippen LogP contribution in [-0.4, -0.2) is 26.3 Å². The van der Waals surface area contributed by atoms with Gasteiger partial charge >= 0.3 is 5.97 Å². The van der Waals surface area contributed by atoms with Gasteiger partial charge in [-0.25, -0.2) is 9.78 Å². The van der Waals surface area contributed by atoms with Crippen molar-refractivity contribution in [1.82, 2.24) is 15.2 Å². The minimum Gasteiger partial charge on any atom is -0.478 e. The van der Waals surface area contributed by atoms with Crippen molar-refractivity contribution in [3.8, 4) is 0 Å². The van der Waals surface area contributed by atoms with E-state index in [1.807, 2.05) is 0 Å². The molecule has 2 aromatic heterocycles. The number of hydrogen-bond acceptors (Lipinski definition) is 3. The predicted octanol–water partition coefficient (Wildman–Crippen LogP) is 2.07. The lowest BCUT2D eigenvalue weighted by atomic mass is 10.2. The Balaban J connectivity index is 2.90. The molecular formula is C7H3BrClN3O2. The number of nitrogens with zero attached hydrogens (tertiary/aromatic N) is 2. The van der Waals surface area contributed by atoms with E-state index < -0.39 is 5.97 Å². The molecular weight excluding hydrogens is 273 g/mol. The molecule has 2 aromatic rings. The Morgan fingerprint density at radius 2 is 2.36 bits per heavy atom. The summed E-state index contributed by atoms with van der Waals surface area (Å²) in [5.74, 6) is -1.07. The number of carboxylic acid groups (broad SMARTS) is 1. The molecule has 0 aromatic carbocycles. The maximum Gasteiger partial charge on any atom is 0.336 e. The largest absolute Gasteiger partial charge is 0.478 e. The molecule has 5 nitrogen and oxygen atoms in total. The number of carbonyl (C=O) groups is 1. The van der Waals surface area contributed by atoms with Crippen LogP contribution in [0.1, 0.15) is 10.4 Å². The van der Waals surface area contributed by atoms with Crippen LogP contribution in [0.15, 0.2) is 10.7 Å². The van der Waals surface area contributed by atoms with Gasteiger partial charge in [-0.3, -0.25) is 5.10 Å². The van der Waals surface area contributed by atoms with E-state index in [-0.39, 0.29) is 16.4 Å². The summed E-state index contributed by atoms with van der Waals surface area (Å²) in [4.78, 5) is 14.7. The summed E-state index contributed by atoms with van der Waals surface area (Å²) in [6, 6.07) is 1.28. The van der Waals surface area contributed by atoms with Crippen molar-refractivity contribution in [2.75, 3.05) is 0 Å². The first-order valence-corrected chi connectivity index (χ1v) is 4.70. The van der Waals surface area contributed by atoms with Gasteiger partial charge in [0.1, 0.15) is 9.76 Å². The van der Waals surface area contributed by atoms with Crippen LogP contribution in [-0.2, 0) is 0 Å². The molecule has 7 heteroatoms. The number of pyridine rings is 1. The molecule has 0 aliphatic rings. The number of carboxylic acids is 1. The maximum atomic E-state index is 10.9. The molecule has 0 saturated heterocycles. The molecule has 0 bridgehead atoms. The second kappa shape index (κ2) is 3.21. The number of halogens is 2. The van der Waals surface area contributed by atoms with Crippen LogP contribution >= 0.6 is 27.5 Å². The van der Waals surface area contributed by atoms with E-state index >= 15 is 0 Å². The molecule has 0 saturated carbocycles. The highest BCUT2D eigenvalue weighted by molar-refractivity contribution is 9.10. The van der Waals surface area contributed by atoms with E-state index in [9.17, 15) is 4.79 Å². The summed E-state index contributed by atoms with van der Waals surface area (Å²) >= 11 is 8.78. The van der Waals surface area contributed by atoms with Gasteiger partial charge in [-0.05, 0) is 22.0 Å². The molecule has 0 fully saturated rings. The zero-order valence-corrected chi connectivity index (χ0v) is 8.93. The van der Waals surface area contributed by atoms with Crippen LogP contribution < -0.4 is 0 Å². The molecule has 0 amide bonds. The molecule has 2 rings (SSSR count). The zero-order valence-electron chi connectivity index (χ0n) is 6.58. The van der Waals surface area contributed by atoms with Crippen molar-refractivity contribution in [2.24, 2.45) is 0 Å². The molecule has 0 atom stereocenters. The summed E-state index contributed by atoms with van der Waals surface area (Å²) in [6.07, 6.45) is 0. The highest BCUT2D eigenvalue weighted by Gasteiger charge is 2.16. The van der Waals surface area contributed by atoms with Gasteiger partial charge in [-0.15, -0.1) is 0 Å². The second-order valence-corrected chi connectivity index (χ2v) is 3.71. The first-order valence-electron chi connectivity index (χ1n) is 3.53. The molecule has 14 heavy (non-hydrogen) atoms. The third-order valence-electron chi connectivity index (χ3n) is 1.68. The fourth-order valence-corrected chi connectivity index (χ4v) is 1.79. The average Bonchev–Trinajstić information content (AvgIpc) is 2.46. The van der Waals surface area contributed by atoms with Crippen LogP contribution in [0.4, 0.5) is 0 Å².